The Hall–Kier alpha value is -2.10. The Bertz CT molecular complexity index is 597. The van der Waals surface area contributed by atoms with E-state index in [4.69, 9.17) is 0 Å². The average Bonchev–Trinajstić information content (AvgIpc) is 3.38. The molecule has 22 heavy (non-hydrogen) atoms. The van der Waals surface area contributed by atoms with Crippen molar-refractivity contribution >= 4 is 17.9 Å². The van der Waals surface area contributed by atoms with Crippen LogP contribution in [0.15, 0.2) is 30.3 Å². The zero-order chi connectivity index (χ0) is 15.5. The third-order valence-corrected chi connectivity index (χ3v) is 4.42. The lowest BCUT2D eigenvalue weighted by atomic mass is 10.1. The molecule has 2 fully saturated rings. The van der Waals surface area contributed by atoms with Crippen molar-refractivity contribution in [1.29, 1.82) is 0 Å². The number of aryl methyl sites for hydroxylation is 1. The number of benzene rings is 1. The van der Waals surface area contributed by atoms with Crippen molar-refractivity contribution < 1.29 is 9.59 Å². The minimum atomic E-state index is 0.0294. The van der Waals surface area contributed by atoms with Gasteiger partial charge in [0.15, 0.2) is 0 Å². The molecular formula is C18H22N2O2. The summed E-state index contributed by atoms with van der Waals surface area (Å²) in [4.78, 5) is 28.0. The van der Waals surface area contributed by atoms with Crippen molar-refractivity contribution in [1.82, 2.24) is 9.80 Å². The van der Waals surface area contributed by atoms with E-state index >= 15 is 0 Å². The molecule has 0 spiro atoms. The van der Waals surface area contributed by atoms with Gasteiger partial charge >= 0.3 is 0 Å². The van der Waals surface area contributed by atoms with Gasteiger partial charge in [0.25, 0.3) is 0 Å². The summed E-state index contributed by atoms with van der Waals surface area (Å²) in [6.45, 7) is 4.63. The summed E-state index contributed by atoms with van der Waals surface area (Å²) in [5, 5.41) is 0. The summed E-state index contributed by atoms with van der Waals surface area (Å²) in [6, 6.07) is 8.00. The van der Waals surface area contributed by atoms with Gasteiger partial charge in [-0.2, -0.15) is 0 Å². The maximum absolute atomic E-state index is 12.2. The number of hydrogen-bond acceptors (Lipinski definition) is 2. The largest absolute Gasteiger partial charge is 0.339 e. The van der Waals surface area contributed by atoms with Gasteiger partial charge < -0.3 is 9.80 Å². The molecule has 0 aromatic heterocycles. The monoisotopic (exact) mass is 298 g/mol. The molecule has 4 nitrogen and oxygen atoms in total. The maximum Gasteiger partial charge on any atom is 0.246 e. The molecule has 0 atom stereocenters. The summed E-state index contributed by atoms with van der Waals surface area (Å²) in [5.41, 5.74) is 2.23. The Morgan fingerprint density at radius 3 is 2.32 bits per heavy atom. The van der Waals surface area contributed by atoms with E-state index in [0.717, 1.165) is 24.0 Å². The van der Waals surface area contributed by atoms with E-state index in [0.29, 0.717) is 26.2 Å². The van der Waals surface area contributed by atoms with Gasteiger partial charge in [-0.05, 0) is 37.0 Å². The van der Waals surface area contributed by atoms with Crippen LogP contribution in [0.4, 0.5) is 0 Å². The highest BCUT2D eigenvalue weighted by molar-refractivity contribution is 5.92. The highest BCUT2D eigenvalue weighted by atomic mass is 16.2. The zero-order valence-corrected chi connectivity index (χ0v) is 13.0. The van der Waals surface area contributed by atoms with Crippen LogP contribution in [0.5, 0.6) is 0 Å². The minimum absolute atomic E-state index is 0.0294. The van der Waals surface area contributed by atoms with E-state index in [-0.39, 0.29) is 17.7 Å². The smallest absolute Gasteiger partial charge is 0.246 e. The predicted molar refractivity (Wildman–Crippen MR) is 86.1 cm³/mol. The molecule has 1 heterocycles. The molecule has 0 N–H and O–H groups in total. The Kier molecular flexibility index (Phi) is 4.27. The van der Waals surface area contributed by atoms with Gasteiger partial charge in [-0.15, -0.1) is 0 Å². The molecule has 1 aromatic rings. The normalized spacial score (nSPS) is 18.8. The number of carbonyl (C=O) groups is 2. The molecule has 4 heteroatoms. The van der Waals surface area contributed by atoms with Crippen molar-refractivity contribution in [3.05, 3.63) is 41.5 Å². The Labute approximate surface area is 131 Å². The molecule has 0 bridgehead atoms. The lowest BCUT2D eigenvalue weighted by Crippen LogP contribution is -2.50. The molecule has 0 radical (unpaired) electrons. The molecule has 1 saturated heterocycles. The summed E-state index contributed by atoms with van der Waals surface area (Å²) >= 11 is 0. The SMILES string of the molecule is Cc1ccccc1C=CC(=O)N1CCN(C(=O)C2CC2)CC1. The number of rotatable bonds is 3. The summed E-state index contributed by atoms with van der Waals surface area (Å²) in [6.07, 6.45) is 5.59. The van der Waals surface area contributed by atoms with E-state index < -0.39 is 0 Å². The van der Waals surface area contributed by atoms with Gasteiger partial charge in [-0.1, -0.05) is 24.3 Å². The number of amides is 2. The van der Waals surface area contributed by atoms with E-state index in [2.05, 4.69) is 0 Å². The standard InChI is InChI=1S/C18H22N2O2/c1-14-4-2-3-5-15(14)8-9-17(21)19-10-12-20(13-11-19)18(22)16-6-7-16/h2-5,8-9,16H,6-7,10-13H2,1H3. The van der Waals surface area contributed by atoms with Gasteiger partial charge in [-0.25, -0.2) is 0 Å². The van der Waals surface area contributed by atoms with Crippen LogP contribution in [0, 0.1) is 12.8 Å². The van der Waals surface area contributed by atoms with Crippen molar-refractivity contribution in [2.24, 2.45) is 5.92 Å². The van der Waals surface area contributed by atoms with Crippen LogP contribution in [0.2, 0.25) is 0 Å². The van der Waals surface area contributed by atoms with E-state index in [1.165, 1.54) is 0 Å². The van der Waals surface area contributed by atoms with Crippen LogP contribution in [0.3, 0.4) is 0 Å². The van der Waals surface area contributed by atoms with Crippen LogP contribution in [0.25, 0.3) is 6.08 Å². The molecule has 1 aromatic carbocycles. The molecule has 1 aliphatic carbocycles. The molecule has 1 saturated carbocycles. The highest BCUT2D eigenvalue weighted by Gasteiger charge is 2.34. The molecule has 1 aliphatic heterocycles. The molecule has 2 aliphatic rings. The topological polar surface area (TPSA) is 40.6 Å². The van der Waals surface area contributed by atoms with Crippen molar-refractivity contribution in [2.45, 2.75) is 19.8 Å². The average molecular weight is 298 g/mol. The maximum atomic E-state index is 12.2. The summed E-state index contributed by atoms with van der Waals surface area (Å²) in [5.74, 6) is 0.576. The fourth-order valence-corrected chi connectivity index (χ4v) is 2.78. The van der Waals surface area contributed by atoms with Crippen molar-refractivity contribution in [3.8, 4) is 0 Å². The molecule has 3 rings (SSSR count). The second kappa shape index (κ2) is 6.34. The fourth-order valence-electron chi connectivity index (χ4n) is 2.78. The molecular weight excluding hydrogens is 276 g/mol. The lowest BCUT2D eigenvalue weighted by molar-refractivity contribution is -0.138. The van der Waals surface area contributed by atoms with Gasteiger partial charge in [0.2, 0.25) is 11.8 Å². The third kappa shape index (κ3) is 3.38. The number of piperazine rings is 1. The van der Waals surface area contributed by atoms with Crippen LogP contribution >= 0.6 is 0 Å². The Balaban J connectivity index is 1.53. The summed E-state index contributed by atoms with van der Waals surface area (Å²) in [7, 11) is 0. The minimum Gasteiger partial charge on any atom is -0.339 e. The number of hydrogen-bond donors (Lipinski definition) is 0. The first-order valence-electron chi connectivity index (χ1n) is 7.96. The van der Waals surface area contributed by atoms with Gasteiger partial charge in [0.1, 0.15) is 0 Å². The highest BCUT2D eigenvalue weighted by Crippen LogP contribution is 2.31. The summed E-state index contributed by atoms with van der Waals surface area (Å²) < 4.78 is 0. The first-order chi connectivity index (χ1) is 10.6. The predicted octanol–water partition coefficient (Wildman–Crippen LogP) is 2.09. The molecule has 116 valence electrons. The van der Waals surface area contributed by atoms with E-state index in [1.807, 2.05) is 47.1 Å². The molecule has 2 amide bonds. The number of carbonyl (C=O) groups excluding carboxylic acids is 2. The van der Waals surface area contributed by atoms with E-state index in [1.54, 1.807) is 6.08 Å². The van der Waals surface area contributed by atoms with Gasteiger partial charge in [0.05, 0.1) is 0 Å². The van der Waals surface area contributed by atoms with Crippen LogP contribution in [-0.2, 0) is 9.59 Å². The zero-order valence-electron chi connectivity index (χ0n) is 13.0. The lowest BCUT2D eigenvalue weighted by Gasteiger charge is -2.34. The fraction of sp³-hybridized carbons (Fsp3) is 0.444. The Morgan fingerprint density at radius 2 is 1.68 bits per heavy atom. The van der Waals surface area contributed by atoms with Crippen LogP contribution in [-0.4, -0.2) is 47.8 Å². The third-order valence-electron chi connectivity index (χ3n) is 4.42. The van der Waals surface area contributed by atoms with Crippen molar-refractivity contribution in [2.75, 3.05) is 26.2 Å². The first-order valence-corrected chi connectivity index (χ1v) is 7.96. The van der Waals surface area contributed by atoms with Gasteiger partial charge in [0, 0.05) is 38.2 Å². The van der Waals surface area contributed by atoms with Gasteiger partial charge in [-0.3, -0.25) is 9.59 Å². The quantitative estimate of drug-likeness (QED) is 0.802. The molecule has 0 unspecified atom stereocenters. The number of nitrogens with zero attached hydrogens (tertiary/aromatic N) is 2. The second-order valence-electron chi connectivity index (χ2n) is 6.11. The van der Waals surface area contributed by atoms with Crippen molar-refractivity contribution in [3.63, 3.8) is 0 Å². The Morgan fingerprint density at radius 1 is 1.05 bits per heavy atom. The second-order valence-corrected chi connectivity index (χ2v) is 6.11. The first kappa shape index (κ1) is 14.8. The van der Waals surface area contributed by atoms with E-state index in [9.17, 15) is 9.59 Å². The van der Waals surface area contributed by atoms with Crippen LogP contribution in [0.1, 0.15) is 24.0 Å². The van der Waals surface area contributed by atoms with Crippen LogP contribution < -0.4 is 0 Å².